The molecule has 0 saturated carbocycles. The molecule has 0 spiro atoms. The van der Waals surface area contributed by atoms with Crippen molar-refractivity contribution in [1.29, 1.82) is 0 Å². The van der Waals surface area contributed by atoms with Crippen molar-refractivity contribution < 1.29 is 24.1 Å². The van der Waals surface area contributed by atoms with Crippen molar-refractivity contribution in [2.75, 3.05) is 6.61 Å². The van der Waals surface area contributed by atoms with Crippen LogP contribution < -0.4 is 9.47 Å². The van der Waals surface area contributed by atoms with Crippen LogP contribution in [0.3, 0.4) is 0 Å². The summed E-state index contributed by atoms with van der Waals surface area (Å²) in [4.78, 5) is 11.5. The van der Waals surface area contributed by atoms with Gasteiger partial charge in [-0.25, -0.2) is 4.79 Å². The highest BCUT2D eigenvalue weighted by Crippen LogP contribution is 2.46. The van der Waals surface area contributed by atoms with Gasteiger partial charge in [-0.15, -0.1) is 0 Å². The van der Waals surface area contributed by atoms with Gasteiger partial charge in [0.2, 0.25) is 11.5 Å². The quantitative estimate of drug-likeness (QED) is 0.799. The van der Waals surface area contributed by atoms with E-state index >= 15 is 0 Å². The minimum absolute atomic E-state index is 0.129. The Kier molecular flexibility index (Phi) is 2.61. The zero-order valence-electron chi connectivity index (χ0n) is 9.94. The maximum Gasteiger partial charge on any atom is 0.338 e. The predicted molar refractivity (Wildman–Crippen MR) is 59.4 cm³/mol. The van der Waals surface area contributed by atoms with E-state index in [1.54, 1.807) is 20.8 Å². The van der Waals surface area contributed by atoms with E-state index in [1.807, 2.05) is 0 Å². The predicted octanol–water partition coefficient (Wildman–Crippen LogP) is 2.08. The Morgan fingerprint density at radius 3 is 2.76 bits per heavy atom. The van der Waals surface area contributed by atoms with Gasteiger partial charge in [-0.05, 0) is 19.1 Å². The first kappa shape index (κ1) is 11.6. The number of hydrogen-bond acceptors (Lipinski definition) is 5. The maximum absolute atomic E-state index is 11.5. The van der Waals surface area contributed by atoms with Crippen LogP contribution in [0.25, 0.3) is 0 Å². The lowest BCUT2D eigenvalue weighted by atomic mass is 10.2. The highest BCUT2D eigenvalue weighted by atomic mass is 16.7. The molecule has 0 radical (unpaired) electrons. The highest BCUT2D eigenvalue weighted by Gasteiger charge is 2.34. The van der Waals surface area contributed by atoms with Crippen LogP contribution >= 0.6 is 0 Å². The van der Waals surface area contributed by atoms with Gasteiger partial charge in [-0.2, -0.15) is 0 Å². The number of phenols is 1. The standard InChI is InChI=1S/C12H14O5/c1-4-15-11(14)7-5-8(13)10-9(6-7)16-12(2,3)17-10/h5-6,13H,4H2,1-3H3. The molecule has 0 aromatic heterocycles. The molecular formula is C12H14O5. The molecule has 0 atom stereocenters. The van der Waals surface area contributed by atoms with Crippen LogP contribution in [-0.2, 0) is 4.74 Å². The van der Waals surface area contributed by atoms with Crippen molar-refractivity contribution in [3.8, 4) is 17.2 Å². The first-order chi connectivity index (χ1) is 7.93. The molecule has 92 valence electrons. The number of fused-ring (bicyclic) bond motifs is 1. The Labute approximate surface area is 98.9 Å². The molecule has 5 nitrogen and oxygen atoms in total. The van der Waals surface area contributed by atoms with E-state index in [4.69, 9.17) is 14.2 Å². The summed E-state index contributed by atoms with van der Waals surface area (Å²) in [5.41, 5.74) is 0.240. The molecule has 0 unspecified atom stereocenters. The Hall–Kier alpha value is -1.91. The topological polar surface area (TPSA) is 65.0 Å². The van der Waals surface area contributed by atoms with Crippen LogP contribution in [0.2, 0.25) is 0 Å². The Balaban J connectivity index is 2.37. The third kappa shape index (κ3) is 2.13. The van der Waals surface area contributed by atoms with Crippen molar-refractivity contribution in [3.05, 3.63) is 17.7 Å². The first-order valence-electron chi connectivity index (χ1n) is 5.35. The van der Waals surface area contributed by atoms with Crippen LogP contribution in [0.1, 0.15) is 31.1 Å². The minimum Gasteiger partial charge on any atom is -0.504 e. The van der Waals surface area contributed by atoms with Crippen molar-refractivity contribution in [3.63, 3.8) is 0 Å². The van der Waals surface area contributed by atoms with Crippen molar-refractivity contribution in [2.45, 2.75) is 26.6 Å². The van der Waals surface area contributed by atoms with Gasteiger partial charge < -0.3 is 19.3 Å². The molecular weight excluding hydrogens is 224 g/mol. The lowest BCUT2D eigenvalue weighted by Gasteiger charge is -2.16. The molecule has 1 aromatic rings. The zero-order valence-corrected chi connectivity index (χ0v) is 9.94. The van der Waals surface area contributed by atoms with E-state index < -0.39 is 11.8 Å². The smallest absolute Gasteiger partial charge is 0.338 e. The average molecular weight is 238 g/mol. The first-order valence-corrected chi connectivity index (χ1v) is 5.35. The fourth-order valence-corrected chi connectivity index (χ4v) is 1.63. The number of phenolic OH excluding ortho intramolecular Hbond substituents is 1. The lowest BCUT2D eigenvalue weighted by Crippen LogP contribution is -2.29. The van der Waals surface area contributed by atoms with Crippen LogP contribution in [-0.4, -0.2) is 23.5 Å². The Morgan fingerprint density at radius 1 is 1.41 bits per heavy atom. The Bertz CT molecular complexity index is 464. The van der Waals surface area contributed by atoms with E-state index in [2.05, 4.69) is 0 Å². The third-order valence-corrected chi connectivity index (χ3v) is 2.25. The van der Waals surface area contributed by atoms with E-state index in [-0.39, 0.29) is 23.7 Å². The normalized spacial score (nSPS) is 15.7. The Morgan fingerprint density at radius 2 is 2.12 bits per heavy atom. The average Bonchev–Trinajstić information content (AvgIpc) is 2.53. The number of carbonyl (C=O) groups is 1. The number of aromatic hydroxyl groups is 1. The van der Waals surface area contributed by atoms with Gasteiger partial charge in [0.1, 0.15) is 0 Å². The fraction of sp³-hybridized carbons (Fsp3) is 0.417. The summed E-state index contributed by atoms with van der Waals surface area (Å²) in [6.45, 7) is 5.43. The zero-order chi connectivity index (χ0) is 12.6. The molecule has 2 rings (SSSR count). The van der Waals surface area contributed by atoms with E-state index in [0.717, 1.165) is 0 Å². The molecule has 0 aliphatic carbocycles. The molecule has 17 heavy (non-hydrogen) atoms. The molecule has 1 aliphatic heterocycles. The molecule has 1 aromatic carbocycles. The number of esters is 1. The second-order valence-corrected chi connectivity index (χ2v) is 4.15. The van der Waals surface area contributed by atoms with Gasteiger partial charge in [-0.1, -0.05) is 0 Å². The van der Waals surface area contributed by atoms with Crippen LogP contribution in [0.4, 0.5) is 0 Å². The number of hydrogen-bond donors (Lipinski definition) is 1. The fourth-order valence-electron chi connectivity index (χ4n) is 1.63. The molecule has 0 fully saturated rings. The van der Waals surface area contributed by atoms with Crippen LogP contribution in [0, 0.1) is 0 Å². The molecule has 5 heteroatoms. The molecule has 1 aliphatic rings. The summed E-state index contributed by atoms with van der Waals surface area (Å²) in [6.07, 6.45) is 0. The van der Waals surface area contributed by atoms with Gasteiger partial charge in [0.25, 0.3) is 0 Å². The summed E-state index contributed by atoms with van der Waals surface area (Å²) in [5, 5.41) is 9.75. The molecule has 1 N–H and O–H groups in total. The van der Waals surface area contributed by atoms with Gasteiger partial charge in [0.05, 0.1) is 12.2 Å². The molecule has 0 bridgehead atoms. The highest BCUT2D eigenvalue weighted by molar-refractivity contribution is 5.91. The minimum atomic E-state index is -0.840. The number of rotatable bonds is 2. The van der Waals surface area contributed by atoms with Gasteiger partial charge in [-0.3, -0.25) is 0 Å². The van der Waals surface area contributed by atoms with Crippen molar-refractivity contribution in [1.82, 2.24) is 0 Å². The van der Waals surface area contributed by atoms with Gasteiger partial charge >= 0.3 is 5.97 Å². The van der Waals surface area contributed by atoms with Crippen LogP contribution in [0.5, 0.6) is 17.2 Å². The van der Waals surface area contributed by atoms with E-state index in [0.29, 0.717) is 5.75 Å². The molecule has 0 amide bonds. The summed E-state index contributed by atoms with van der Waals surface area (Å²) < 4.78 is 15.7. The second kappa shape index (κ2) is 3.84. The SMILES string of the molecule is CCOC(=O)c1cc(O)c2c(c1)OC(C)(C)O2. The van der Waals surface area contributed by atoms with Crippen LogP contribution in [0.15, 0.2) is 12.1 Å². The van der Waals surface area contributed by atoms with Crippen molar-refractivity contribution >= 4 is 5.97 Å². The summed E-state index contributed by atoms with van der Waals surface area (Å²) in [5.74, 6) is -0.872. The number of ether oxygens (including phenoxy) is 3. The largest absolute Gasteiger partial charge is 0.504 e. The summed E-state index contributed by atoms with van der Waals surface area (Å²) in [6, 6.07) is 2.81. The van der Waals surface area contributed by atoms with Gasteiger partial charge in [0, 0.05) is 13.8 Å². The summed E-state index contributed by atoms with van der Waals surface area (Å²) in [7, 11) is 0. The van der Waals surface area contributed by atoms with E-state index in [9.17, 15) is 9.90 Å². The monoisotopic (exact) mass is 238 g/mol. The third-order valence-electron chi connectivity index (χ3n) is 2.25. The maximum atomic E-state index is 11.5. The molecule has 1 heterocycles. The van der Waals surface area contributed by atoms with Crippen molar-refractivity contribution in [2.24, 2.45) is 0 Å². The van der Waals surface area contributed by atoms with E-state index in [1.165, 1.54) is 12.1 Å². The number of carbonyl (C=O) groups excluding carboxylic acids is 1. The summed E-state index contributed by atoms with van der Waals surface area (Å²) >= 11 is 0. The lowest BCUT2D eigenvalue weighted by molar-refractivity contribution is -0.0440. The number of benzene rings is 1. The van der Waals surface area contributed by atoms with Gasteiger partial charge in [0.15, 0.2) is 11.5 Å². The molecule has 0 saturated heterocycles. The second-order valence-electron chi connectivity index (χ2n) is 4.15.